The lowest BCUT2D eigenvalue weighted by Crippen LogP contribution is -2.50. The van der Waals surface area contributed by atoms with E-state index < -0.39 is 0 Å². The van der Waals surface area contributed by atoms with Gasteiger partial charge < -0.3 is 19.1 Å². The van der Waals surface area contributed by atoms with Gasteiger partial charge in [-0.15, -0.1) is 0 Å². The van der Waals surface area contributed by atoms with Gasteiger partial charge in [0.05, 0.1) is 11.8 Å². The first-order valence-corrected chi connectivity index (χ1v) is 9.64. The molecular weight excluding hydrogens is 358 g/mol. The van der Waals surface area contributed by atoms with Crippen LogP contribution in [-0.4, -0.2) is 60.2 Å². The molecule has 2 saturated heterocycles. The fraction of sp³-hybridized carbons (Fsp3) is 0.381. The van der Waals surface area contributed by atoms with Gasteiger partial charge in [0.15, 0.2) is 0 Å². The Labute approximate surface area is 163 Å². The first-order chi connectivity index (χ1) is 13.6. The van der Waals surface area contributed by atoms with Crippen LogP contribution >= 0.6 is 0 Å². The van der Waals surface area contributed by atoms with Gasteiger partial charge in [0.25, 0.3) is 11.8 Å². The topological polar surface area (TPSA) is 74.1 Å². The molecular formula is C21H23N3O4. The summed E-state index contributed by atoms with van der Waals surface area (Å²) in [5.41, 5.74) is 1.97. The average molecular weight is 381 g/mol. The predicted octanol–water partition coefficient (Wildman–Crippen LogP) is 2.39. The third-order valence-electron chi connectivity index (χ3n) is 5.37. The van der Waals surface area contributed by atoms with Crippen molar-refractivity contribution < 1.29 is 18.8 Å². The fourth-order valence-electron chi connectivity index (χ4n) is 3.73. The van der Waals surface area contributed by atoms with Gasteiger partial charge in [0, 0.05) is 50.4 Å². The number of hydrogen-bond donors (Lipinski definition) is 0. The van der Waals surface area contributed by atoms with Gasteiger partial charge in [0.2, 0.25) is 5.91 Å². The first kappa shape index (κ1) is 18.3. The van der Waals surface area contributed by atoms with Gasteiger partial charge >= 0.3 is 0 Å². The van der Waals surface area contributed by atoms with Gasteiger partial charge in [-0.2, -0.15) is 0 Å². The summed E-state index contributed by atoms with van der Waals surface area (Å²) < 4.78 is 4.97. The summed E-state index contributed by atoms with van der Waals surface area (Å²) >= 11 is 0. The largest absolute Gasteiger partial charge is 0.472 e. The molecule has 7 nitrogen and oxygen atoms in total. The summed E-state index contributed by atoms with van der Waals surface area (Å²) in [4.78, 5) is 42.5. The Bertz CT molecular complexity index is 852. The third-order valence-corrected chi connectivity index (χ3v) is 5.37. The molecule has 0 atom stereocenters. The lowest BCUT2D eigenvalue weighted by atomic mass is 10.1. The zero-order chi connectivity index (χ0) is 19.5. The van der Waals surface area contributed by atoms with Crippen LogP contribution in [0.3, 0.4) is 0 Å². The highest BCUT2D eigenvalue weighted by molar-refractivity contribution is 5.97. The zero-order valence-electron chi connectivity index (χ0n) is 15.7. The van der Waals surface area contributed by atoms with E-state index in [0.717, 1.165) is 25.1 Å². The van der Waals surface area contributed by atoms with Crippen LogP contribution in [0.2, 0.25) is 0 Å². The number of carbonyl (C=O) groups is 3. The monoisotopic (exact) mass is 381 g/mol. The molecule has 146 valence electrons. The number of piperazine rings is 1. The van der Waals surface area contributed by atoms with Crippen molar-refractivity contribution in [2.45, 2.75) is 19.3 Å². The lowest BCUT2D eigenvalue weighted by Gasteiger charge is -2.34. The number of carbonyl (C=O) groups excluding carboxylic acids is 3. The van der Waals surface area contributed by atoms with E-state index in [4.69, 9.17) is 4.42 Å². The van der Waals surface area contributed by atoms with Crippen LogP contribution in [0.5, 0.6) is 0 Å². The van der Waals surface area contributed by atoms with Crippen molar-refractivity contribution in [3.8, 4) is 0 Å². The van der Waals surface area contributed by atoms with Gasteiger partial charge in [-0.25, -0.2) is 0 Å². The highest BCUT2D eigenvalue weighted by Crippen LogP contribution is 2.22. The second-order valence-electron chi connectivity index (χ2n) is 7.15. The number of nitrogens with zero attached hydrogens (tertiary/aromatic N) is 3. The zero-order valence-corrected chi connectivity index (χ0v) is 15.7. The van der Waals surface area contributed by atoms with Crippen molar-refractivity contribution >= 4 is 23.4 Å². The van der Waals surface area contributed by atoms with Crippen LogP contribution in [0.1, 0.15) is 40.0 Å². The minimum atomic E-state index is -0.0728. The van der Waals surface area contributed by atoms with E-state index in [-0.39, 0.29) is 17.7 Å². The number of piperidine rings is 1. The number of rotatable bonds is 3. The van der Waals surface area contributed by atoms with Crippen molar-refractivity contribution in [1.29, 1.82) is 0 Å². The molecule has 2 aromatic rings. The van der Waals surface area contributed by atoms with Crippen LogP contribution < -0.4 is 4.90 Å². The summed E-state index contributed by atoms with van der Waals surface area (Å²) in [6, 6.07) is 8.89. The molecule has 0 bridgehead atoms. The minimum absolute atomic E-state index is 0.0491. The summed E-state index contributed by atoms with van der Waals surface area (Å²) in [6.45, 7) is 2.72. The minimum Gasteiger partial charge on any atom is -0.472 e. The molecule has 0 aliphatic carbocycles. The standard InChI is InChI=1S/C21H23N3O4/c25-19-3-1-2-9-24(19)18-6-4-16(5-7-18)20(26)22-10-12-23(13-11-22)21(27)17-8-14-28-15-17/h4-8,14-15H,1-3,9-13H2. The Balaban J connectivity index is 1.36. The Morgan fingerprint density at radius 3 is 2.00 bits per heavy atom. The van der Waals surface area contributed by atoms with Crippen LogP contribution in [0.15, 0.2) is 47.3 Å². The van der Waals surface area contributed by atoms with Crippen LogP contribution in [0.4, 0.5) is 5.69 Å². The SMILES string of the molecule is O=C(c1ccc(N2CCCCC2=O)cc1)N1CCN(C(=O)c2ccoc2)CC1. The van der Waals surface area contributed by atoms with E-state index in [9.17, 15) is 14.4 Å². The molecule has 2 aliphatic heterocycles. The average Bonchev–Trinajstić information content (AvgIpc) is 3.28. The van der Waals surface area contributed by atoms with Gasteiger partial charge in [0.1, 0.15) is 6.26 Å². The maximum absolute atomic E-state index is 12.8. The lowest BCUT2D eigenvalue weighted by molar-refractivity contribution is -0.119. The smallest absolute Gasteiger partial charge is 0.257 e. The Morgan fingerprint density at radius 1 is 0.786 bits per heavy atom. The van der Waals surface area contributed by atoms with E-state index in [1.807, 2.05) is 12.1 Å². The molecule has 3 heterocycles. The number of anilines is 1. The molecule has 1 aromatic heterocycles. The molecule has 3 amide bonds. The van der Waals surface area contributed by atoms with E-state index >= 15 is 0 Å². The molecule has 0 unspecified atom stereocenters. The third kappa shape index (κ3) is 3.65. The van der Waals surface area contributed by atoms with Crippen molar-refractivity contribution in [3.05, 3.63) is 54.0 Å². The maximum atomic E-state index is 12.8. The van der Waals surface area contributed by atoms with E-state index in [0.29, 0.717) is 43.7 Å². The normalized spacial score (nSPS) is 17.7. The van der Waals surface area contributed by atoms with Crippen LogP contribution in [0.25, 0.3) is 0 Å². The van der Waals surface area contributed by atoms with E-state index in [1.54, 1.807) is 32.9 Å². The van der Waals surface area contributed by atoms with E-state index in [1.165, 1.54) is 12.5 Å². The van der Waals surface area contributed by atoms with Gasteiger partial charge in [-0.05, 0) is 43.2 Å². The van der Waals surface area contributed by atoms with Crippen LogP contribution in [-0.2, 0) is 4.79 Å². The van der Waals surface area contributed by atoms with Gasteiger partial charge in [-0.1, -0.05) is 0 Å². The number of furan rings is 1. The highest BCUT2D eigenvalue weighted by atomic mass is 16.3. The summed E-state index contributed by atoms with van der Waals surface area (Å²) in [5, 5.41) is 0. The molecule has 0 N–H and O–H groups in total. The molecule has 2 fully saturated rings. The molecule has 4 rings (SSSR count). The Hall–Kier alpha value is -3.09. The molecule has 28 heavy (non-hydrogen) atoms. The van der Waals surface area contributed by atoms with Crippen molar-refractivity contribution in [2.24, 2.45) is 0 Å². The molecule has 7 heteroatoms. The van der Waals surface area contributed by atoms with Crippen molar-refractivity contribution in [1.82, 2.24) is 9.80 Å². The summed E-state index contributed by atoms with van der Waals surface area (Å²) in [6.07, 6.45) is 5.46. The second-order valence-corrected chi connectivity index (χ2v) is 7.15. The second kappa shape index (κ2) is 7.88. The van der Waals surface area contributed by atoms with Crippen molar-refractivity contribution in [2.75, 3.05) is 37.6 Å². The maximum Gasteiger partial charge on any atom is 0.257 e. The number of benzene rings is 1. The summed E-state index contributed by atoms with van der Waals surface area (Å²) in [7, 11) is 0. The molecule has 0 radical (unpaired) electrons. The van der Waals surface area contributed by atoms with E-state index in [2.05, 4.69) is 0 Å². The Morgan fingerprint density at radius 2 is 1.43 bits per heavy atom. The predicted molar refractivity (Wildman–Crippen MR) is 103 cm³/mol. The highest BCUT2D eigenvalue weighted by Gasteiger charge is 2.26. The van der Waals surface area contributed by atoms with Crippen molar-refractivity contribution in [3.63, 3.8) is 0 Å². The summed E-state index contributed by atoms with van der Waals surface area (Å²) in [5.74, 6) is 0.0204. The number of amides is 3. The molecule has 0 spiro atoms. The van der Waals surface area contributed by atoms with Gasteiger partial charge in [-0.3, -0.25) is 14.4 Å². The fourth-order valence-corrected chi connectivity index (χ4v) is 3.73. The molecule has 1 aromatic carbocycles. The first-order valence-electron chi connectivity index (χ1n) is 9.64. The molecule has 2 aliphatic rings. The Kier molecular flexibility index (Phi) is 5.14. The van der Waals surface area contributed by atoms with Crippen LogP contribution in [0, 0.1) is 0 Å². The quantitative estimate of drug-likeness (QED) is 0.818. The number of hydrogen-bond acceptors (Lipinski definition) is 4. The molecule has 0 saturated carbocycles.